The predicted molar refractivity (Wildman–Crippen MR) is 73.4 cm³/mol. The summed E-state index contributed by atoms with van der Waals surface area (Å²) in [6.07, 6.45) is 0.865. The fraction of sp³-hybridized carbons (Fsp3) is 0.857. The van der Waals surface area contributed by atoms with Gasteiger partial charge < -0.3 is 15.3 Å². The van der Waals surface area contributed by atoms with Gasteiger partial charge in [-0.15, -0.1) is 0 Å². The highest BCUT2D eigenvalue weighted by molar-refractivity contribution is 5.85. The quantitative estimate of drug-likeness (QED) is 0.792. The monoisotopic (exact) mass is 270 g/mol. The Kier molecular flexibility index (Phi) is 5.35. The SMILES string of the molecule is CC(O)C1CCN(C(=O)CNC(=O)CC(C)(C)C)C1. The van der Waals surface area contributed by atoms with Crippen LogP contribution >= 0.6 is 0 Å². The third-order valence-corrected chi connectivity index (χ3v) is 3.39. The maximum Gasteiger partial charge on any atom is 0.241 e. The number of nitrogens with zero attached hydrogens (tertiary/aromatic N) is 1. The second-order valence-corrected chi connectivity index (χ2v) is 6.64. The summed E-state index contributed by atoms with van der Waals surface area (Å²) in [5.41, 5.74) is -0.0712. The molecular formula is C14H26N2O3. The Morgan fingerprint density at radius 2 is 2.05 bits per heavy atom. The van der Waals surface area contributed by atoms with Gasteiger partial charge in [0.25, 0.3) is 0 Å². The maximum absolute atomic E-state index is 11.9. The van der Waals surface area contributed by atoms with Crippen molar-refractivity contribution in [2.45, 2.75) is 46.6 Å². The lowest BCUT2D eigenvalue weighted by Crippen LogP contribution is -2.40. The van der Waals surface area contributed by atoms with Gasteiger partial charge in [0.1, 0.15) is 0 Å². The fourth-order valence-electron chi connectivity index (χ4n) is 2.24. The van der Waals surface area contributed by atoms with Crippen LogP contribution in [-0.2, 0) is 9.59 Å². The van der Waals surface area contributed by atoms with E-state index in [2.05, 4.69) is 5.32 Å². The molecule has 0 aromatic rings. The van der Waals surface area contributed by atoms with Gasteiger partial charge in [-0.1, -0.05) is 20.8 Å². The van der Waals surface area contributed by atoms with E-state index in [-0.39, 0.29) is 35.8 Å². The van der Waals surface area contributed by atoms with Crippen molar-refractivity contribution in [2.24, 2.45) is 11.3 Å². The first-order chi connectivity index (χ1) is 8.69. The Labute approximate surface area is 115 Å². The second kappa shape index (κ2) is 6.37. The third-order valence-electron chi connectivity index (χ3n) is 3.39. The van der Waals surface area contributed by atoms with Crippen molar-refractivity contribution in [3.8, 4) is 0 Å². The molecule has 1 aliphatic heterocycles. The average molecular weight is 270 g/mol. The molecule has 2 N–H and O–H groups in total. The summed E-state index contributed by atoms with van der Waals surface area (Å²) in [5, 5.41) is 12.2. The second-order valence-electron chi connectivity index (χ2n) is 6.64. The van der Waals surface area contributed by atoms with Crippen molar-refractivity contribution >= 4 is 11.8 Å². The van der Waals surface area contributed by atoms with Gasteiger partial charge in [-0.3, -0.25) is 9.59 Å². The van der Waals surface area contributed by atoms with Crippen LogP contribution in [0.1, 0.15) is 40.5 Å². The van der Waals surface area contributed by atoms with E-state index in [1.165, 1.54) is 0 Å². The normalized spacial score (nSPS) is 21.3. The van der Waals surface area contributed by atoms with E-state index >= 15 is 0 Å². The molecule has 1 aliphatic rings. The smallest absolute Gasteiger partial charge is 0.241 e. The molecule has 1 heterocycles. The molecule has 0 aromatic heterocycles. The molecule has 1 rings (SSSR count). The number of rotatable bonds is 4. The van der Waals surface area contributed by atoms with Crippen molar-refractivity contribution in [3.63, 3.8) is 0 Å². The van der Waals surface area contributed by atoms with E-state index in [4.69, 9.17) is 0 Å². The van der Waals surface area contributed by atoms with Crippen LogP contribution < -0.4 is 5.32 Å². The molecule has 0 spiro atoms. The van der Waals surface area contributed by atoms with E-state index in [1.54, 1.807) is 11.8 Å². The third kappa shape index (κ3) is 5.59. The highest BCUT2D eigenvalue weighted by Crippen LogP contribution is 2.20. The summed E-state index contributed by atoms with van der Waals surface area (Å²) in [6.45, 7) is 9.03. The number of likely N-dealkylation sites (tertiary alicyclic amines) is 1. The van der Waals surface area contributed by atoms with Crippen LogP contribution in [-0.4, -0.2) is 47.6 Å². The number of aliphatic hydroxyl groups excluding tert-OH is 1. The molecule has 0 saturated carbocycles. The zero-order valence-electron chi connectivity index (χ0n) is 12.4. The van der Waals surface area contributed by atoms with Crippen molar-refractivity contribution in [1.82, 2.24) is 10.2 Å². The number of carbonyl (C=O) groups excluding carboxylic acids is 2. The summed E-state index contributed by atoms with van der Waals surface area (Å²) in [6, 6.07) is 0. The van der Waals surface area contributed by atoms with Crippen molar-refractivity contribution in [3.05, 3.63) is 0 Å². The summed E-state index contributed by atoms with van der Waals surface area (Å²) in [5.74, 6) is 0.00626. The zero-order valence-corrected chi connectivity index (χ0v) is 12.4. The number of aliphatic hydroxyl groups is 1. The van der Waals surface area contributed by atoms with Gasteiger partial charge in [-0.05, 0) is 18.8 Å². The standard InChI is InChI=1S/C14H26N2O3/c1-10(17)11-5-6-16(9-11)13(19)8-15-12(18)7-14(2,3)4/h10-11,17H,5-9H2,1-4H3,(H,15,18). The van der Waals surface area contributed by atoms with Crippen LogP contribution in [0, 0.1) is 11.3 Å². The Morgan fingerprint density at radius 1 is 1.42 bits per heavy atom. The first-order valence-electron chi connectivity index (χ1n) is 6.91. The lowest BCUT2D eigenvalue weighted by molar-refractivity contribution is -0.132. The molecule has 5 nitrogen and oxygen atoms in total. The minimum Gasteiger partial charge on any atom is -0.393 e. The number of nitrogens with one attached hydrogen (secondary N) is 1. The summed E-state index contributed by atoms with van der Waals surface area (Å²) >= 11 is 0. The van der Waals surface area contributed by atoms with Crippen LogP contribution in [0.4, 0.5) is 0 Å². The number of carbonyl (C=O) groups is 2. The van der Waals surface area contributed by atoms with Gasteiger partial charge in [0.05, 0.1) is 12.6 Å². The highest BCUT2D eigenvalue weighted by atomic mass is 16.3. The number of amides is 2. The van der Waals surface area contributed by atoms with Gasteiger partial charge in [-0.25, -0.2) is 0 Å². The van der Waals surface area contributed by atoms with Crippen LogP contribution in [0.3, 0.4) is 0 Å². The predicted octanol–water partition coefficient (Wildman–Crippen LogP) is 0.768. The number of hydrogen-bond acceptors (Lipinski definition) is 3. The molecule has 19 heavy (non-hydrogen) atoms. The fourth-order valence-corrected chi connectivity index (χ4v) is 2.24. The summed E-state index contributed by atoms with van der Waals surface area (Å²) < 4.78 is 0. The molecule has 2 amide bonds. The largest absolute Gasteiger partial charge is 0.393 e. The molecule has 1 saturated heterocycles. The first-order valence-corrected chi connectivity index (χ1v) is 6.91. The molecule has 2 atom stereocenters. The van der Waals surface area contributed by atoms with Crippen LogP contribution in [0.15, 0.2) is 0 Å². The van der Waals surface area contributed by atoms with Gasteiger partial charge in [-0.2, -0.15) is 0 Å². The molecule has 1 fully saturated rings. The minimum absolute atomic E-state index is 0.0570. The molecular weight excluding hydrogens is 244 g/mol. The minimum atomic E-state index is -0.381. The lowest BCUT2D eigenvalue weighted by atomic mass is 9.92. The lowest BCUT2D eigenvalue weighted by Gasteiger charge is -2.20. The Hall–Kier alpha value is -1.10. The van der Waals surface area contributed by atoms with E-state index < -0.39 is 0 Å². The van der Waals surface area contributed by atoms with Crippen molar-refractivity contribution in [1.29, 1.82) is 0 Å². The van der Waals surface area contributed by atoms with E-state index in [0.29, 0.717) is 19.5 Å². The molecule has 0 aromatic carbocycles. The van der Waals surface area contributed by atoms with Gasteiger partial charge in [0.15, 0.2) is 0 Å². The average Bonchev–Trinajstić information content (AvgIpc) is 2.72. The summed E-state index contributed by atoms with van der Waals surface area (Å²) in [4.78, 5) is 25.3. The molecule has 0 bridgehead atoms. The molecule has 0 aliphatic carbocycles. The van der Waals surface area contributed by atoms with E-state index in [9.17, 15) is 14.7 Å². The van der Waals surface area contributed by atoms with Crippen LogP contribution in [0.25, 0.3) is 0 Å². The topological polar surface area (TPSA) is 69.6 Å². The Morgan fingerprint density at radius 3 is 2.53 bits per heavy atom. The zero-order chi connectivity index (χ0) is 14.6. The Bertz CT molecular complexity index is 334. The first kappa shape index (κ1) is 16.0. The molecule has 0 radical (unpaired) electrons. The van der Waals surface area contributed by atoms with Crippen molar-refractivity contribution in [2.75, 3.05) is 19.6 Å². The maximum atomic E-state index is 11.9. The molecule has 110 valence electrons. The van der Waals surface area contributed by atoms with Gasteiger partial charge in [0.2, 0.25) is 11.8 Å². The van der Waals surface area contributed by atoms with Crippen LogP contribution in [0.2, 0.25) is 0 Å². The molecule has 5 heteroatoms. The van der Waals surface area contributed by atoms with Gasteiger partial charge in [0, 0.05) is 25.4 Å². The highest BCUT2D eigenvalue weighted by Gasteiger charge is 2.29. The van der Waals surface area contributed by atoms with E-state index in [1.807, 2.05) is 20.8 Å². The van der Waals surface area contributed by atoms with Gasteiger partial charge >= 0.3 is 0 Å². The van der Waals surface area contributed by atoms with Crippen molar-refractivity contribution < 1.29 is 14.7 Å². The summed E-state index contributed by atoms with van der Waals surface area (Å²) in [7, 11) is 0. The Balaban J connectivity index is 2.31. The molecule has 2 unspecified atom stereocenters. The van der Waals surface area contributed by atoms with Crippen LogP contribution in [0.5, 0.6) is 0 Å². The number of hydrogen-bond donors (Lipinski definition) is 2. The van der Waals surface area contributed by atoms with E-state index in [0.717, 1.165) is 6.42 Å².